The molecule has 3 aliphatic heterocycles. The fourth-order valence-electron chi connectivity index (χ4n) is 5.59. The molecular weight excluding hydrogens is 412 g/mol. The monoisotopic (exact) mass is 448 g/mol. The molecular formula is C26H36N6O. The summed E-state index contributed by atoms with van der Waals surface area (Å²) < 4.78 is 0. The average molecular weight is 449 g/mol. The van der Waals surface area contributed by atoms with Crippen LogP contribution >= 0.6 is 0 Å². The lowest BCUT2D eigenvalue weighted by Gasteiger charge is -2.38. The van der Waals surface area contributed by atoms with Crippen LogP contribution in [-0.2, 0) is 17.8 Å². The van der Waals surface area contributed by atoms with Gasteiger partial charge in [-0.15, -0.1) is 0 Å². The summed E-state index contributed by atoms with van der Waals surface area (Å²) in [7, 11) is 1.93. The van der Waals surface area contributed by atoms with E-state index in [1.165, 1.54) is 6.42 Å². The van der Waals surface area contributed by atoms with E-state index in [-0.39, 0.29) is 11.9 Å². The zero-order chi connectivity index (χ0) is 22.6. The second-order valence-corrected chi connectivity index (χ2v) is 9.55. The SMILES string of the molecule is CNc1nc(C2CCNCC2)nc2c1CN(C(=O)[C@@H](c1ccccc1)N1CCCCC1)CC2. The van der Waals surface area contributed by atoms with Crippen LogP contribution in [0.1, 0.15) is 66.7 Å². The van der Waals surface area contributed by atoms with Crippen molar-refractivity contribution in [1.82, 2.24) is 25.1 Å². The minimum absolute atomic E-state index is 0.207. The van der Waals surface area contributed by atoms with Gasteiger partial charge in [-0.3, -0.25) is 9.69 Å². The number of benzene rings is 1. The molecule has 5 rings (SSSR count). The molecule has 7 heteroatoms. The van der Waals surface area contributed by atoms with E-state index >= 15 is 0 Å². The summed E-state index contributed by atoms with van der Waals surface area (Å²) in [5.41, 5.74) is 3.29. The molecule has 2 N–H and O–H groups in total. The summed E-state index contributed by atoms with van der Waals surface area (Å²) in [6.45, 7) is 5.32. The molecule has 2 saturated heterocycles. The van der Waals surface area contributed by atoms with E-state index in [0.29, 0.717) is 12.5 Å². The topological polar surface area (TPSA) is 73.4 Å². The van der Waals surface area contributed by atoms with Crippen LogP contribution in [0.3, 0.4) is 0 Å². The van der Waals surface area contributed by atoms with Gasteiger partial charge in [-0.25, -0.2) is 9.97 Å². The van der Waals surface area contributed by atoms with Crippen LogP contribution in [-0.4, -0.2) is 65.4 Å². The highest BCUT2D eigenvalue weighted by atomic mass is 16.2. The van der Waals surface area contributed by atoms with E-state index < -0.39 is 0 Å². The Morgan fingerprint density at radius 3 is 2.55 bits per heavy atom. The molecule has 7 nitrogen and oxygen atoms in total. The highest BCUT2D eigenvalue weighted by molar-refractivity contribution is 5.83. The van der Waals surface area contributed by atoms with Crippen LogP contribution in [0.5, 0.6) is 0 Å². The molecule has 1 amide bonds. The lowest BCUT2D eigenvalue weighted by atomic mass is 9.95. The maximum absolute atomic E-state index is 13.9. The smallest absolute Gasteiger partial charge is 0.244 e. The maximum Gasteiger partial charge on any atom is 0.244 e. The second-order valence-electron chi connectivity index (χ2n) is 9.55. The molecule has 1 atom stereocenters. The minimum atomic E-state index is -0.207. The van der Waals surface area contributed by atoms with Gasteiger partial charge in [-0.05, 0) is 57.4 Å². The number of likely N-dealkylation sites (tertiary alicyclic amines) is 1. The number of hydrogen-bond donors (Lipinski definition) is 2. The molecule has 0 spiro atoms. The number of amides is 1. The first kappa shape index (κ1) is 22.3. The Labute approximate surface area is 197 Å². The van der Waals surface area contributed by atoms with Gasteiger partial charge in [0.05, 0.1) is 12.2 Å². The van der Waals surface area contributed by atoms with Crippen molar-refractivity contribution < 1.29 is 4.79 Å². The number of fused-ring (bicyclic) bond motifs is 1. The molecule has 3 aliphatic rings. The summed E-state index contributed by atoms with van der Waals surface area (Å²) in [6.07, 6.45) is 6.54. The zero-order valence-electron chi connectivity index (χ0n) is 19.7. The van der Waals surface area contributed by atoms with Crippen LogP contribution in [0.25, 0.3) is 0 Å². The molecule has 0 unspecified atom stereocenters. The molecule has 33 heavy (non-hydrogen) atoms. The number of aromatic nitrogens is 2. The number of carbonyl (C=O) groups is 1. The van der Waals surface area contributed by atoms with E-state index in [4.69, 9.17) is 9.97 Å². The number of rotatable bonds is 5. The van der Waals surface area contributed by atoms with Crippen molar-refractivity contribution in [2.45, 2.75) is 57.0 Å². The lowest BCUT2D eigenvalue weighted by molar-refractivity contribution is -0.138. The quantitative estimate of drug-likeness (QED) is 0.732. The number of hydrogen-bond acceptors (Lipinski definition) is 6. The van der Waals surface area contributed by atoms with Gasteiger partial charge in [-0.1, -0.05) is 36.8 Å². The van der Waals surface area contributed by atoms with Gasteiger partial charge in [-0.2, -0.15) is 0 Å². The third-order valence-corrected chi connectivity index (χ3v) is 7.44. The molecule has 0 radical (unpaired) electrons. The molecule has 4 heterocycles. The normalized spacial score (nSPS) is 20.8. The molecule has 0 saturated carbocycles. The molecule has 2 aromatic rings. The number of nitrogens with zero attached hydrogens (tertiary/aromatic N) is 4. The van der Waals surface area contributed by atoms with Crippen LogP contribution in [0.4, 0.5) is 5.82 Å². The van der Waals surface area contributed by atoms with E-state index in [9.17, 15) is 4.79 Å². The number of carbonyl (C=O) groups excluding carboxylic acids is 1. The Kier molecular flexibility index (Phi) is 6.88. The van der Waals surface area contributed by atoms with Crippen molar-refractivity contribution in [2.24, 2.45) is 0 Å². The Morgan fingerprint density at radius 2 is 1.82 bits per heavy atom. The van der Waals surface area contributed by atoms with Crippen LogP contribution < -0.4 is 10.6 Å². The van der Waals surface area contributed by atoms with Crippen LogP contribution in [0.2, 0.25) is 0 Å². The number of anilines is 1. The first-order valence-corrected chi connectivity index (χ1v) is 12.6. The van der Waals surface area contributed by atoms with Crippen molar-refractivity contribution in [2.75, 3.05) is 45.1 Å². The average Bonchev–Trinajstić information content (AvgIpc) is 2.89. The van der Waals surface area contributed by atoms with Crippen molar-refractivity contribution >= 4 is 11.7 Å². The fraction of sp³-hybridized carbons (Fsp3) is 0.577. The first-order chi connectivity index (χ1) is 16.2. The highest BCUT2D eigenvalue weighted by Gasteiger charge is 2.35. The Morgan fingerprint density at radius 1 is 1.06 bits per heavy atom. The van der Waals surface area contributed by atoms with E-state index in [0.717, 1.165) is 93.3 Å². The minimum Gasteiger partial charge on any atom is -0.373 e. The molecule has 1 aromatic carbocycles. The predicted octanol–water partition coefficient (Wildman–Crippen LogP) is 3.10. The van der Waals surface area contributed by atoms with E-state index in [1.807, 2.05) is 30.1 Å². The van der Waals surface area contributed by atoms with Gasteiger partial charge >= 0.3 is 0 Å². The van der Waals surface area contributed by atoms with Gasteiger partial charge < -0.3 is 15.5 Å². The number of nitrogens with one attached hydrogen (secondary N) is 2. The van der Waals surface area contributed by atoms with Crippen molar-refractivity contribution in [3.63, 3.8) is 0 Å². The largest absolute Gasteiger partial charge is 0.373 e. The number of piperidine rings is 2. The Hall–Kier alpha value is -2.51. The van der Waals surface area contributed by atoms with E-state index in [1.54, 1.807) is 0 Å². The molecule has 176 valence electrons. The van der Waals surface area contributed by atoms with Crippen molar-refractivity contribution in [1.29, 1.82) is 0 Å². The van der Waals surface area contributed by atoms with E-state index in [2.05, 4.69) is 27.7 Å². The Bertz CT molecular complexity index is 936. The lowest BCUT2D eigenvalue weighted by Crippen LogP contribution is -2.46. The van der Waals surface area contributed by atoms with Crippen LogP contribution in [0.15, 0.2) is 30.3 Å². The standard InChI is InChI=1S/C26H36N6O/c1-27-25-21-18-32(17-12-22(21)29-24(30-25)20-10-13-28-14-11-20)26(33)23(19-8-4-2-5-9-19)31-15-6-3-7-16-31/h2,4-5,8-9,20,23,28H,3,6-7,10-18H2,1H3,(H,27,29,30)/t23-/m1/s1. The zero-order valence-corrected chi connectivity index (χ0v) is 19.7. The third kappa shape index (κ3) is 4.75. The molecule has 1 aromatic heterocycles. The highest BCUT2D eigenvalue weighted by Crippen LogP contribution is 2.32. The van der Waals surface area contributed by atoms with Gasteiger partial charge in [0.25, 0.3) is 0 Å². The van der Waals surface area contributed by atoms with Crippen molar-refractivity contribution in [3.8, 4) is 0 Å². The van der Waals surface area contributed by atoms with Gasteiger partial charge in [0.15, 0.2) is 0 Å². The summed E-state index contributed by atoms with van der Waals surface area (Å²) in [5.74, 6) is 2.48. The fourth-order valence-corrected chi connectivity index (χ4v) is 5.59. The second kappa shape index (κ2) is 10.2. The van der Waals surface area contributed by atoms with Gasteiger partial charge in [0.1, 0.15) is 17.7 Å². The maximum atomic E-state index is 13.9. The van der Waals surface area contributed by atoms with Crippen LogP contribution in [0, 0.1) is 0 Å². The first-order valence-electron chi connectivity index (χ1n) is 12.6. The third-order valence-electron chi connectivity index (χ3n) is 7.44. The summed E-state index contributed by atoms with van der Waals surface area (Å²) in [4.78, 5) is 28.3. The summed E-state index contributed by atoms with van der Waals surface area (Å²) in [6, 6.07) is 10.1. The van der Waals surface area contributed by atoms with Crippen molar-refractivity contribution in [3.05, 3.63) is 53.0 Å². The molecule has 0 aliphatic carbocycles. The summed E-state index contributed by atoms with van der Waals surface area (Å²) >= 11 is 0. The Balaban J connectivity index is 1.40. The van der Waals surface area contributed by atoms with Gasteiger partial charge in [0, 0.05) is 31.5 Å². The summed E-state index contributed by atoms with van der Waals surface area (Å²) in [5, 5.41) is 6.73. The predicted molar refractivity (Wildman–Crippen MR) is 130 cm³/mol. The molecule has 2 fully saturated rings. The molecule has 0 bridgehead atoms. The van der Waals surface area contributed by atoms with Gasteiger partial charge in [0.2, 0.25) is 5.91 Å².